The van der Waals surface area contributed by atoms with Crippen molar-refractivity contribution in [1.29, 1.82) is 0 Å². The molecule has 1 spiro atoms. The first-order valence-corrected chi connectivity index (χ1v) is 13.8. The van der Waals surface area contributed by atoms with E-state index in [1.54, 1.807) is 0 Å². The fourth-order valence-corrected chi connectivity index (χ4v) is 6.55. The molecule has 3 aromatic carbocycles. The summed E-state index contributed by atoms with van der Waals surface area (Å²) in [6.07, 6.45) is 2.12. The Bertz CT molecular complexity index is 1240. The van der Waals surface area contributed by atoms with E-state index < -0.39 is 0 Å². The molecule has 3 aromatic rings. The molecule has 0 aliphatic carbocycles. The number of fused-ring (bicyclic) bond motifs is 1. The molecule has 0 N–H and O–H groups in total. The lowest BCUT2D eigenvalue weighted by molar-refractivity contribution is 0.0145. The van der Waals surface area contributed by atoms with Crippen LogP contribution in [0.15, 0.2) is 48.5 Å². The molecule has 0 bridgehead atoms. The van der Waals surface area contributed by atoms with E-state index in [0.717, 1.165) is 31.7 Å². The first-order valence-electron chi connectivity index (χ1n) is 13.8. The van der Waals surface area contributed by atoms with Crippen molar-refractivity contribution in [2.45, 2.75) is 84.7 Å². The van der Waals surface area contributed by atoms with E-state index in [2.05, 4.69) is 109 Å². The predicted molar refractivity (Wildman–Crippen MR) is 153 cm³/mol. The monoisotopic (exact) mass is 481 g/mol. The molecule has 2 heteroatoms. The molecule has 2 aliphatic heterocycles. The Balaban J connectivity index is 1.70. The van der Waals surface area contributed by atoms with Gasteiger partial charge >= 0.3 is 0 Å². The van der Waals surface area contributed by atoms with E-state index >= 15 is 0 Å². The molecule has 1 unspecified atom stereocenters. The third kappa shape index (κ3) is 4.08. The molecule has 1 atom stereocenters. The van der Waals surface area contributed by atoms with Crippen LogP contribution >= 0.6 is 0 Å². The normalized spacial score (nSPS) is 19.2. The highest BCUT2D eigenvalue weighted by Crippen LogP contribution is 2.57. The number of likely N-dealkylation sites (tertiary alicyclic amines) is 1. The second-order valence-corrected chi connectivity index (χ2v) is 12.0. The fraction of sp³-hybridized carbons (Fsp3) is 0.471. The van der Waals surface area contributed by atoms with Crippen LogP contribution in [-0.4, -0.2) is 30.6 Å². The molecule has 2 nitrogen and oxygen atoms in total. The summed E-state index contributed by atoms with van der Waals surface area (Å²) in [6, 6.07) is 18.7. The van der Waals surface area contributed by atoms with Crippen LogP contribution in [0.25, 0.3) is 11.1 Å². The van der Waals surface area contributed by atoms with Gasteiger partial charge in [-0.05, 0) is 84.2 Å². The topological polar surface area (TPSA) is 12.5 Å². The minimum absolute atomic E-state index is 0.170. The second-order valence-electron chi connectivity index (χ2n) is 12.0. The van der Waals surface area contributed by atoms with Crippen molar-refractivity contribution in [1.82, 2.24) is 4.90 Å². The Morgan fingerprint density at radius 1 is 0.750 bits per heavy atom. The quantitative estimate of drug-likeness (QED) is 0.370. The zero-order chi connectivity index (χ0) is 25.8. The van der Waals surface area contributed by atoms with Crippen molar-refractivity contribution in [3.8, 4) is 16.9 Å². The van der Waals surface area contributed by atoms with Crippen molar-refractivity contribution in [2.75, 3.05) is 20.1 Å². The van der Waals surface area contributed by atoms with Gasteiger partial charge in [-0.15, -0.1) is 0 Å². The first kappa shape index (κ1) is 25.1. The van der Waals surface area contributed by atoms with Crippen LogP contribution in [0.4, 0.5) is 0 Å². The Kier molecular flexibility index (Phi) is 6.53. The van der Waals surface area contributed by atoms with Crippen molar-refractivity contribution < 1.29 is 4.74 Å². The van der Waals surface area contributed by atoms with Crippen LogP contribution in [0, 0.1) is 20.8 Å². The van der Waals surface area contributed by atoms with E-state index in [0.29, 0.717) is 11.8 Å². The summed E-state index contributed by atoms with van der Waals surface area (Å²) in [7, 11) is 2.24. The summed E-state index contributed by atoms with van der Waals surface area (Å²) in [5.41, 5.74) is 12.2. The minimum Gasteiger partial charge on any atom is -0.486 e. The maximum atomic E-state index is 7.14. The molecule has 0 radical (unpaired) electrons. The molecule has 190 valence electrons. The molecule has 36 heavy (non-hydrogen) atoms. The number of rotatable bonds is 4. The smallest absolute Gasteiger partial charge is 0.127 e. The number of hydrogen-bond acceptors (Lipinski definition) is 2. The van der Waals surface area contributed by atoms with Crippen molar-refractivity contribution >= 4 is 0 Å². The Labute approximate surface area is 218 Å². The standard InChI is InChI=1S/C34H43NO/c1-21(2)26-9-13-28(14-10-26)30-23(5)24(6)33-31(25(30)7)32(29-15-11-27(12-16-29)22(3)4)34(36-33)17-19-35(8)20-18-34/h9-16,21-22,32H,17-20H2,1-8H3. The number of nitrogens with zero attached hydrogens (tertiary/aromatic N) is 1. The number of piperidine rings is 1. The summed E-state index contributed by atoms with van der Waals surface area (Å²) in [5.74, 6) is 2.49. The van der Waals surface area contributed by atoms with E-state index in [9.17, 15) is 0 Å². The fourth-order valence-electron chi connectivity index (χ4n) is 6.55. The molecule has 0 aromatic heterocycles. The van der Waals surface area contributed by atoms with Gasteiger partial charge in [0.2, 0.25) is 0 Å². The maximum Gasteiger partial charge on any atom is 0.127 e. The van der Waals surface area contributed by atoms with Gasteiger partial charge in [0, 0.05) is 31.5 Å². The summed E-state index contributed by atoms with van der Waals surface area (Å²) >= 11 is 0. The maximum absolute atomic E-state index is 7.14. The van der Waals surface area contributed by atoms with Crippen LogP contribution < -0.4 is 4.74 Å². The minimum atomic E-state index is -0.170. The van der Waals surface area contributed by atoms with Crippen molar-refractivity contribution in [3.05, 3.63) is 87.5 Å². The van der Waals surface area contributed by atoms with E-state index in [1.807, 2.05) is 0 Å². The largest absolute Gasteiger partial charge is 0.486 e. The van der Waals surface area contributed by atoms with Gasteiger partial charge < -0.3 is 9.64 Å². The summed E-state index contributed by atoms with van der Waals surface area (Å²) < 4.78 is 7.14. The second kappa shape index (κ2) is 9.38. The van der Waals surface area contributed by atoms with Crippen LogP contribution in [0.5, 0.6) is 5.75 Å². The predicted octanol–water partition coefficient (Wildman–Crippen LogP) is 8.51. The zero-order valence-electron chi connectivity index (χ0n) is 23.5. The summed E-state index contributed by atoms with van der Waals surface area (Å²) in [5, 5.41) is 0. The van der Waals surface area contributed by atoms with Crippen molar-refractivity contribution in [3.63, 3.8) is 0 Å². The van der Waals surface area contributed by atoms with E-state index in [1.165, 1.54) is 50.1 Å². The number of benzene rings is 3. The van der Waals surface area contributed by atoms with Crippen molar-refractivity contribution in [2.24, 2.45) is 0 Å². The van der Waals surface area contributed by atoms with Gasteiger partial charge in [0.05, 0.1) is 5.92 Å². The van der Waals surface area contributed by atoms with Crippen LogP contribution in [-0.2, 0) is 0 Å². The van der Waals surface area contributed by atoms with Gasteiger partial charge in [-0.25, -0.2) is 0 Å². The average Bonchev–Trinajstić information content (AvgIpc) is 3.20. The summed E-state index contributed by atoms with van der Waals surface area (Å²) in [6.45, 7) is 18.1. The van der Waals surface area contributed by atoms with Gasteiger partial charge in [-0.3, -0.25) is 0 Å². The number of hydrogen-bond donors (Lipinski definition) is 0. The molecule has 2 aliphatic rings. The molecular weight excluding hydrogens is 438 g/mol. The highest BCUT2D eigenvalue weighted by Gasteiger charge is 2.52. The number of ether oxygens (including phenoxy) is 1. The summed E-state index contributed by atoms with van der Waals surface area (Å²) in [4.78, 5) is 2.45. The van der Waals surface area contributed by atoms with E-state index in [4.69, 9.17) is 4.74 Å². The Morgan fingerprint density at radius 3 is 1.81 bits per heavy atom. The first-order chi connectivity index (χ1) is 17.1. The van der Waals surface area contributed by atoms with Crippen LogP contribution in [0.2, 0.25) is 0 Å². The molecular formula is C34H43NO. The molecule has 0 amide bonds. The molecule has 1 saturated heterocycles. The van der Waals surface area contributed by atoms with Gasteiger partial charge in [0.1, 0.15) is 11.4 Å². The molecule has 1 fully saturated rings. The van der Waals surface area contributed by atoms with Gasteiger partial charge in [0.15, 0.2) is 0 Å². The Morgan fingerprint density at radius 2 is 1.28 bits per heavy atom. The molecule has 2 heterocycles. The third-order valence-corrected chi connectivity index (χ3v) is 9.06. The zero-order valence-corrected chi connectivity index (χ0v) is 23.5. The van der Waals surface area contributed by atoms with Crippen LogP contribution in [0.1, 0.15) is 97.2 Å². The SMILES string of the molecule is Cc1c(C)c(-c2ccc(C(C)C)cc2)c(C)c2c1OC1(CCN(C)CC1)C2c1ccc(C(C)C)cc1. The third-order valence-electron chi connectivity index (χ3n) is 9.06. The molecule has 0 saturated carbocycles. The highest BCUT2D eigenvalue weighted by atomic mass is 16.5. The Hall–Kier alpha value is -2.58. The van der Waals surface area contributed by atoms with Gasteiger partial charge in [-0.1, -0.05) is 76.2 Å². The van der Waals surface area contributed by atoms with Gasteiger partial charge in [-0.2, -0.15) is 0 Å². The molecule has 5 rings (SSSR count). The van der Waals surface area contributed by atoms with E-state index in [-0.39, 0.29) is 11.5 Å². The van der Waals surface area contributed by atoms with Gasteiger partial charge in [0.25, 0.3) is 0 Å². The lowest BCUT2D eigenvalue weighted by atomic mass is 9.71. The lowest BCUT2D eigenvalue weighted by Gasteiger charge is -2.41. The highest BCUT2D eigenvalue weighted by molar-refractivity contribution is 5.78. The lowest BCUT2D eigenvalue weighted by Crippen LogP contribution is -2.48. The average molecular weight is 482 g/mol. The van der Waals surface area contributed by atoms with Crippen LogP contribution in [0.3, 0.4) is 0 Å².